The number of carbonyl (C=O) groups excluding carboxylic acids is 1. The number of fused-ring (bicyclic) bond motifs is 2. The molecule has 0 saturated carbocycles. The lowest BCUT2D eigenvalue weighted by atomic mass is 9.89. The summed E-state index contributed by atoms with van der Waals surface area (Å²) in [5.41, 5.74) is 0.647. The zero-order valence-electron chi connectivity index (χ0n) is 17.2. The predicted molar refractivity (Wildman–Crippen MR) is 114 cm³/mol. The molecule has 0 spiro atoms. The van der Waals surface area contributed by atoms with Gasteiger partial charge < -0.3 is 9.64 Å². The monoisotopic (exact) mass is 424 g/mol. The van der Waals surface area contributed by atoms with Crippen LogP contribution in [0.25, 0.3) is 10.8 Å². The smallest absolute Gasteiger partial charge is 0.272 e. The Balaban J connectivity index is 1.36. The summed E-state index contributed by atoms with van der Waals surface area (Å²) in [4.78, 5) is 29.3. The van der Waals surface area contributed by atoms with E-state index in [0.29, 0.717) is 37.9 Å². The van der Waals surface area contributed by atoms with Crippen LogP contribution in [-0.2, 0) is 16.0 Å². The highest BCUT2D eigenvalue weighted by molar-refractivity contribution is 5.97. The Hall–Kier alpha value is -2.84. The van der Waals surface area contributed by atoms with Crippen molar-refractivity contribution in [1.29, 1.82) is 0 Å². The number of H-pyrrole nitrogens is 1. The van der Waals surface area contributed by atoms with Gasteiger partial charge in [-0.15, -0.1) is 0 Å². The molecule has 2 fully saturated rings. The van der Waals surface area contributed by atoms with E-state index in [2.05, 4.69) is 15.1 Å². The number of hydrogen-bond donors (Lipinski definition) is 1. The van der Waals surface area contributed by atoms with E-state index in [1.165, 1.54) is 6.08 Å². The van der Waals surface area contributed by atoms with Crippen LogP contribution in [0.5, 0.6) is 0 Å². The number of ether oxygens (including phenoxy) is 1. The van der Waals surface area contributed by atoms with E-state index in [1.807, 2.05) is 18.2 Å². The van der Waals surface area contributed by atoms with Gasteiger partial charge in [0.25, 0.3) is 11.5 Å². The molecule has 8 heteroatoms. The van der Waals surface area contributed by atoms with Crippen LogP contribution < -0.4 is 5.56 Å². The van der Waals surface area contributed by atoms with Crippen LogP contribution in [0.2, 0.25) is 0 Å². The van der Waals surface area contributed by atoms with Gasteiger partial charge in [0.1, 0.15) is 5.83 Å². The molecule has 0 bridgehead atoms. The number of piperazine rings is 1. The summed E-state index contributed by atoms with van der Waals surface area (Å²) in [7, 11) is 0. The van der Waals surface area contributed by atoms with Gasteiger partial charge in [-0.2, -0.15) is 5.10 Å². The van der Waals surface area contributed by atoms with Crippen molar-refractivity contribution < 1.29 is 13.9 Å². The van der Waals surface area contributed by atoms with Crippen LogP contribution in [0.15, 0.2) is 52.6 Å². The van der Waals surface area contributed by atoms with Crippen LogP contribution >= 0.6 is 0 Å². The summed E-state index contributed by atoms with van der Waals surface area (Å²) < 4.78 is 20.2. The maximum absolute atomic E-state index is 14.7. The third-order valence-electron chi connectivity index (χ3n) is 6.45. The van der Waals surface area contributed by atoms with E-state index in [0.717, 1.165) is 30.8 Å². The average molecular weight is 424 g/mol. The second-order valence-electron chi connectivity index (χ2n) is 8.39. The number of halogens is 1. The predicted octanol–water partition coefficient (Wildman–Crippen LogP) is 1.81. The second kappa shape index (κ2) is 8.36. The first-order valence-electron chi connectivity index (χ1n) is 10.8. The van der Waals surface area contributed by atoms with Crippen molar-refractivity contribution >= 4 is 16.7 Å². The number of nitrogens with zero attached hydrogens (tertiary/aromatic N) is 3. The minimum Gasteiger partial charge on any atom is -0.378 e. The maximum atomic E-state index is 14.7. The molecule has 1 aromatic carbocycles. The quantitative estimate of drug-likeness (QED) is 0.813. The molecule has 1 amide bonds. The minimum atomic E-state index is -0.456. The van der Waals surface area contributed by atoms with Crippen LogP contribution in [0, 0.1) is 5.92 Å². The SMILES string of the molecule is O=C(C1=CC(Cc2n[nH]c(=O)c3ccccc23)CC=C1F)N1CCN2CCOCC2C1. The molecule has 2 unspecified atom stereocenters. The number of benzene rings is 1. The van der Waals surface area contributed by atoms with Crippen molar-refractivity contribution in [2.45, 2.75) is 18.9 Å². The Labute approximate surface area is 179 Å². The van der Waals surface area contributed by atoms with E-state index >= 15 is 0 Å². The summed E-state index contributed by atoms with van der Waals surface area (Å²) in [6, 6.07) is 7.49. The van der Waals surface area contributed by atoms with Crippen molar-refractivity contribution in [1.82, 2.24) is 20.0 Å². The van der Waals surface area contributed by atoms with E-state index in [9.17, 15) is 14.0 Å². The third kappa shape index (κ3) is 3.93. The average Bonchev–Trinajstić information content (AvgIpc) is 2.81. The molecule has 2 saturated heterocycles. The number of rotatable bonds is 3. The van der Waals surface area contributed by atoms with E-state index in [-0.39, 0.29) is 29.0 Å². The number of aromatic nitrogens is 2. The summed E-state index contributed by atoms with van der Waals surface area (Å²) >= 11 is 0. The van der Waals surface area contributed by atoms with Gasteiger partial charge in [0.05, 0.1) is 35.9 Å². The maximum Gasteiger partial charge on any atom is 0.272 e. The number of amides is 1. The van der Waals surface area contributed by atoms with E-state index in [4.69, 9.17) is 4.74 Å². The lowest BCUT2D eigenvalue weighted by molar-refractivity contribution is -0.132. The zero-order valence-corrected chi connectivity index (χ0v) is 17.2. The van der Waals surface area contributed by atoms with Gasteiger partial charge in [-0.05, 0) is 30.9 Å². The molecule has 0 radical (unpaired) electrons. The molecule has 2 aliphatic heterocycles. The van der Waals surface area contributed by atoms with Crippen LogP contribution in [-0.4, -0.2) is 71.3 Å². The van der Waals surface area contributed by atoms with Crippen LogP contribution in [0.3, 0.4) is 0 Å². The second-order valence-corrected chi connectivity index (χ2v) is 8.39. The van der Waals surface area contributed by atoms with E-state index < -0.39 is 5.83 Å². The van der Waals surface area contributed by atoms with Gasteiger partial charge in [0.15, 0.2) is 0 Å². The van der Waals surface area contributed by atoms with Gasteiger partial charge >= 0.3 is 0 Å². The summed E-state index contributed by atoms with van der Waals surface area (Å²) in [6.07, 6.45) is 4.23. The summed E-state index contributed by atoms with van der Waals surface area (Å²) in [5, 5.41) is 8.14. The van der Waals surface area contributed by atoms with E-state index in [1.54, 1.807) is 17.0 Å². The molecular weight excluding hydrogens is 399 g/mol. The molecule has 2 aromatic rings. The number of hydrogen-bond acceptors (Lipinski definition) is 5. The highest BCUT2D eigenvalue weighted by Crippen LogP contribution is 2.29. The van der Waals surface area contributed by atoms with Gasteiger partial charge in [-0.25, -0.2) is 9.49 Å². The summed E-state index contributed by atoms with van der Waals surface area (Å²) in [5.74, 6) is -0.787. The topological polar surface area (TPSA) is 78.5 Å². The molecular formula is C23H25FN4O3. The van der Waals surface area contributed by atoms with Gasteiger partial charge in [-0.1, -0.05) is 24.3 Å². The number of morpholine rings is 1. The van der Waals surface area contributed by atoms with Crippen LogP contribution in [0.4, 0.5) is 4.39 Å². The highest BCUT2D eigenvalue weighted by atomic mass is 19.1. The van der Waals surface area contributed by atoms with Crippen molar-refractivity contribution in [3.63, 3.8) is 0 Å². The fourth-order valence-corrected chi connectivity index (χ4v) is 4.74. The third-order valence-corrected chi connectivity index (χ3v) is 6.45. The molecule has 2 atom stereocenters. The van der Waals surface area contributed by atoms with Crippen molar-refractivity contribution in [3.8, 4) is 0 Å². The molecule has 5 rings (SSSR count). The largest absolute Gasteiger partial charge is 0.378 e. The molecule has 1 aliphatic carbocycles. The van der Waals surface area contributed by atoms with Crippen molar-refractivity contribution in [2.75, 3.05) is 39.4 Å². The molecule has 7 nitrogen and oxygen atoms in total. The van der Waals surface area contributed by atoms with Crippen LogP contribution in [0.1, 0.15) is 12.1 Å². The standard InChI is InChI=1S/C23H25FN4O3/c24-20-6-5-15(12-21-17-3-1-2-4-18(17)22(29)26-25-21)11-19(20)23(30)28-8-7-27-9-10-31-14-16(27)13-28/h1-4,6,11,15-16H,5,7-10,12-14H2,(H,26,29). The highest BCUT2D eigenvalue weighted by Gasteiger charge is 2.34. The van der Waals surface area contributed by atoms with Gasteiger partial charge in [-0.3, -0.25) is 14.5 Å². The molecule has 3 heterocycles. The Bertz CT molecular complexity index is 1130. The van der Waals surface area contributed by atoms with Crippen molar-refractivity contribution in [2.24, 2.45) is 5.92 Å². The summed E-state index contributed by atoms with van der Waals surface area (Å²) in [6.45, 7) is 4.15. The Morgan fingerprint density at radius 1 is 1.23 bits per heavy atom. The fourth-order valence-electron chi connectivity index (χ4n) is 4.74. The Kier molecular flexibility index (Phi) is 5.41. The first kappa shape index (κ1) is 20.1. The number of carbonyl (C=O) groups is 1. The normalized spacial score (nSPS) is 24.5. The molecule has 1 N–H and O–H groups in total. The molecule has 31 heavy (non-hydrogen) atoms. The molecule has 162 valence electrons. The Morgan fingerprint density at radius 3 is 2.94 bits per heavy atom. The van der Waals surface area contributed by atoms with Gasteiger partial charge in [0, 0.05) is 31.6 Å². The minimum absolute atomic E-state index is 0.0699. The Morgan fingerprint density at radius 2 is 2.06 bits per heavy atom. The lowest BCUT2D eigenvalue weighted by Gasteiger charge is -2.43. The number of aromatic amines is 1. The van der Waals surface area contributed by atoms with Crippen molar-refractivity contribution in [3.05, 3.63) is 63.9 Å². The lowest BCUT2D eigenvalue weighted by Crippen LogP contribution is -2.59. The fraction of sp³-hybridized carbons (Fsp3) is 0.435. The zero-order chi connectivity index (χ0) is 21.4. The number of nitrogens with one attached hydrogen (secondary N) is 1. The molecule has 3 aliphatic rings. The van der Waals surface area contributed by atoms with Gasteiger partial charge in [0.2, 0.25) is 0 Å². The molecule has 1 aromatic heterocycles. The first-order chi connectivity index (χ1) is 15.1. The first-order valence-corrected chi connectivity index (χ1v) is 10.8. The number of allylic oxidation sites excluding steroid dienone is 2.